The number of nitrogens with zero attached hydrogens (tertiary/aromatic N) is 1. The van der Waals surface area contributed by atoms with E-state index in [2.05, 4.69) is 54.4 Å². The molecule has 0 aliphatic heterocycles. The Kier molecular flexibility index (Phi) is 2.81. The molecular weight excluding hydrogens is 218 g/mol. The quantitative estimate of drug-likeness (QED) is 0.636. The van der Waals surface area contributed by atoms with Crippen LogP contribution in [0, 0.1) is 0 Å². The van der Waals surface area contributed by atoms with E-state index in [0.29, 0.717) is 0 Å². The highest BCUT2D eigenvalue weighted by Gasteiger charge is 2.08. The highest BCUT2D eigenvalue weighted by atomic mass is 14.6. The minimum Gasteiger partial charge on any atom is -0.264 e. The Hall–Kier alpha value is -2.15. The van der Waals surface area contributed by atoms with Crippen LogP contribution in [0.4, 0.5) is 0 Å². The van der Waals surface area contributed by atoms with Gasteiger partial charge in [0, 0.05) is 18.0 Å². The van der Waals surface area contributed by atoms with Crippen molar-refractivity contribution in [2.45, 2.75) is 13.3 Å². The van der Waals surface area contributed by atoms with Crippen LogP contribution in [0.3, 0.4) is 0 Å². The van der Waals surface area contributed by atoms with Crippen LogP contribution in [0.25, 0.3) is 21.9 Å². The molecule has 0 unspecified atom stereocenters. The van der Waals surface area contributed by atoms with Gasteiger partial charge in [0.05, 0.1) is 0 Å². The standard InChI is InChI=1S/C17H15N/c1-2-13-9-10-14-6-3-4-8-16(14)17(13)15-7-5-11-18-12-15/h3-12H,2H2,1H3. The Morgan fingerprint density at radius 2 is 1.83 bits per heavy atom. The molecule has 1 heterocycles. The van der Waals surface area contributed by atoms with Crippen molar-refractivity contribution >= 4 is 10.8 Å². The van der Waals surface area contributed by atoms with E-state index in [0.717, 1.165) is 6.42 Å². The predicted molar refractivity (Wildman–Crippen MR) is 76.6 cm³/mol. The van der Waals surface area contributed by atoms with Gasteiger partial charge in [0.2, 0.25) is 0 Å². The van der Waals surface area contributed by atoms with Crippen molar-refractivity contribution in [2.75, 3.05) is 0 Å². The van der Waals surface area contributed by atoms with E-state index in [1.807, 2.05) is 18.5 Å². The van der Waals surface area contributed by atoms with Gasteiger partial charge in [-0.15, -0.1) is 0 Å². The zero-order valence-electron chi connectivity index (χ0n) is 10.4. The van der Waals surface area contributed by atoms with E-state index in [1.165, 1.54) is 27.5 Å². The summed E-state index contributed by atoms with van der Waals surface area (Å²) < 4.78 is 0. The lowest BCUT2D eigenvalue weighted by Crippen LogP contribution is -1.90. The molecule has 3 aromatic rings. The molecule has 0 bridgehead atoms. The van der Waals surface area contributed by atoms with Crippen molar-refractivity contribution in [3.63, 3.8) is 0 Å². The molecule has 0 amide bonds. The van der Waals surface area contributed by atoms with E-state index >= 15 is 0 Å². The molecule has 1 aromatic heterocycles. The second-order valence-electron chi connectivity index (χ2n) is 4.42. The maximum absolute atomic E-state index is 4.24. The summed E-state index contributed by atoms with van der Waals surface area (Å²) in [5, 5.41) is 2.60. The van der Waals surface area contributed by atoms with Gasteiger partial charge in [-0.05, 0) is 34.4 Å². The monoisotopic (exact) mass is 233 g/mol. The molecule has 0 radical (unpaired) electrons. The number of aromatic nitrogens is 1. The van der Waals surface area contributed by atoms with Crippen LogP contribution < -0.4 is 0 Å². The summed E-state index contributed by atoms with van der Waals surface area (Å²) in [4.78, 5) is 4.24. The number of fused-ring (bicyclic) bond motifs is 1. The van der Waals surface area contributed by atoms with E-state index in [4.69, 9.17) is 0 Å². The van der Waals surface area contributed by atoms with Crippen molar-refractivity contribution in [3.8, 4) is 11.1 Å². The van der Waals surface area contributed by atoms with Crippen LogP contribution in [-0.2, 0) is 6.42 Å². The van der Waals surface area contributed by atoms with Crippen LogP contribution in [0.2, 0.25) is 0 Å². The lowest BCUT2D eigenvalue weighted by Gasteiger charge is -2.11. The summed E-state index contributed by atoms with van der Waals surface area (Å²) in [6.45, 7) is 2.20. The Balaban J connectivity index is 2.38. The molecule has 0 aliphatic carbocycles. The van der Waals surface area contributed by atoms with Gasteiger partial charge in [0.25, 0.3) is 0 Å². The lowest BCUT2D eigenvalue weighted by atomic mass is 9.93. The van der Waals surface area contributed by atoms with Gasteiger partial charge in [0.15, 0.2) is 0 Å². The van der Waals surface area contributed by atoms with Gasteiger partial charge >= 0.3 is 0 Å². The largest absolute Gasteiger partial charge is 0.264 e. The summed E-state index contributed by atoms with van der Waals surface area (Å²) >= 11 is 0. The molecule has 18 heavy (non-hydrogen) atoms. The fourth-order valence-electron chi connectivity index (χ4n) is 2.46. The van der Waals surface area contributed by atoms with Gasteiger partial charge in [-0.2, -0.15) is 0 Å². The summed E-state index contributed by atoms with van der Waals surface area (Å²) in [5.74, 6) is 0. The zero-order chi connectivity index (χ0) is 12.4. The molecule has 1 nitrogen and oxygen atoms in total. The molecule has 0 saturated carbocycles. The molecule has 1 heteroatoms. The first kappa shape index (κ1) is 11.0. The van der Waals surface area contributed by atoms with E-state index in [-0.39, 0.29) is 0 Å². The van der Waals surface area contributed by atoms with Gasteiger partial charge < -0.3 is 0 Å². The molecule has 3 rings (SSSR count). The Bertz CT molecular complexity index is 672. The average Bonchev–Trinajstić information content (AvgIpc) is 2.47. The first-order chi connectivity index (χ1) is 8.90. The Morgan fingerprint density at radius 1 is 0.944 bits per heavy atom. The summed E-state index contributed by atoms with van der Waals surface area (Å²) in [7, 11) is 0. The summed E-state index contributed by atoms with van der Waals surface area (Å²) in [6.07, 6.45) is 4.80. The molecule has 0 saturated heterocycles. The van der Waals surface area contributed by atoms with Crippen LogP contribution in [0.1, 0.15) is 12.5 Å². The number of hydrogen-bond donors (Lipinski definition) is 0. The molecule has 88 valence electrons. The van der Waals surface area contributed by atoms with Crippen molar-refractivity contribution in [3.05, 3.63) is 66.5 Å². The van der Waals surface area contributed by atoms with Gasteiger partial charge in [0.1, 0.15) is 0 Å². The summed E-state index contributed by atoms with van der Waals surface area (Å²) in [5.41, 5.74) is 3.90. The second-order valence-corrected chi connectivity index (χ2v) is 4.42. The molecule has 0 N–H and O–H groups in total. The Labute approximate surface area is 107 Å². The first-order valence-electron chi connectivity index (χ1n) is 6.31. The van der Waals surface area contributed by atoms with Crippen molar-refractivity contribution in [1.82, 2.24) is 4.98 Å². The fraction of sp³-hybridized carbons (Fsp3) is 0.118. The smallest absolute Gasteiger partial charge is 0.0346 e. The number of benzene rings is 2. The molecular formula is C17H15N. The molecule has 0 spiro atoms. The third-order valence-electron chi connectivity index (χ3n) is 3.35. The average molecular weight is 233 g/mol. The normalized spacial score (nSPS) is 10.7. The molecule has 0 atom stereocenters. The van der Waals surface area contributed by atoms with Crippen molar-refractivity contribution in [1.29, 1.82) is 0 Å². The van der Waals surface area contributed by atoms with Crippen LogP contribution in [0.5, 0.6) is 0 Å². The zero-order valence-corrected chi connectivity index (χ0v) is 10.4. The van der Waals surface area contributed by atoms with E-state index < -0.39 is 0 Å². The van der Waals surface area contributed by atoms with Gasteiger partial charge in [-0.1, -0.05) is 49.4 Å². The highest BCUT2D eigenvalue weighted by molar-refractivity contribution is 5.98. The van der Waals surface area contributed by atoms with Gasteiger partial charge in [-0.25, -0.2) is 0 Å². The molecule has 2 aromatic carbocycles. The fourth-order valence-corrected chi connectivity index (χ4v) is 2.46. The van der Waals surface area contributed by atoms with Crippen LogP contribution >= 0.6 is 0 Å². The third kappa shape index (κ3) is 1.78. The Morgan fingerprint density at radius 3 is 2.61 bits per heavy atom. The minimum atomic E-state index is 1.04. The van der Waals surface area contributed by atoms with Crippen LogP contribution in [0.15, 0.2) is 60.9 Å². The first-order valence-corrected chi connectivity index (χ1v) is 6.31. The number of aryl methyl sites for hydroxylation is 1. The maximum Gasteiger partial charge on any atom is 0.0346 e. The molecule has 0 fully saturated rings. The number of pyridine rings is 1. The topological polar surface area (TPSA) is 12.9 Å². The number of hydrogen-bond acceptors (Lipinski definition) is 1. The van der Waals surface area contributed by atoms with E-state index in [9.17, 15) is 0 Å². The van der Waals surface area contributed by atoms with E-state index in [1.54, 1.807) is 0 Å². The third-order valence-corrected chi connectivity index (χ3v) is 3.35. The van der Waals surface area contributed by atoms with Crippen LogP contribution in [-0.4, -0.2) is 4.98 Å². The minimum absolute atomic E-state index is 1.04. The second kappa shape index (κ2) is 4.61. The van der Waals surface area contributed by atoms with Gasteiger partial charge in [-0.3, -0.25) is 4.98 Å². The maximum atomic E-state index is 4.24. The lowest BCUT2D eigenvalue weighted by molar-refractivity contribution is 1.15. The SMILES string of the molecule is CCc1ccc2ccccc2c1-c1cccnc1. The van der Waals surface area contributed by atoms with Crippen molar-refractivity contribution in [2.24, 2.45) is 0 Å². The highest BCUT2D eigenvalue weighted by Crippen LogP contribution is 2.31. The summed E-state index contributed by atoms with van der Waals surface area (Å²) in [6, 6.07) is 17.1. The molecule has 0 aliphatic rings. The number of rotatable bonds is 2. The predicted octanol–water partition coefficient (Wildman–Crippen LogP) is 4.46. The van der Waals surface area contributed by atoms with Crippen molar-refractivity contribution < 1.29 is 0 Å².